The van der Waals surface area contributed by atoms with Gasteiger partial charge in [-0.2, -0.15) is 0 Å². The summed E-state index contributed by atoms with van der Waals surface area (Å²) in [5, 5.41) is 10.3. The van der Waals surface area contributed by atoms with E-state index in [9.17, 15) is 9.50 Å². The molecule has 3 nitrogen and oxygen atoms in total. The van der Waals surface area contributed by atoms with Crippen LogP contribution in [-0.2, 0) is 13.1 Å². The van der Waals surface area contributed by atoms with Crippen LogP contribution < -0.4 is 0 Å². The number of aliphatic hydroxyl groups excluding tert-OH is 1. The van der Waals surface area contributed by atoms with Crippen LogP contribution in [0.3, 0.4) is 0 Å². The molecule has 1 unspecified atom stereocenters. The molecule has 0 aliphatic heterocycles. The first-order chi connectivity index (χ1) is 13.0. The monoisotopic (exact) mass is 372 g/mol. The second-order valence-electron chi connectivity index (χ2n) is 7.69. The maximum absolute atomic E-state index is 13.5. The minimum atomic E-state index is -0.346. The number of allylic oxidation sites excluding steroid dienone is 1. The van der Waals surface area contributed by atoms with E-state index < -0.39 is 0 Å². The van der Waals surface area contributed by atoms with Crippen LogP contribution in [0.4, 0.5) is 4.39 Å². The molecule has 0 bridgehead atoms. The highest BCUT2D eigenvalue weighted by Gasteiger charge is 2.14. The second-order valence-corrected chi connectivity index (χ2v) is 7.69. The van der Waals surface area contributed by atoms with Crippen LogP contribution in [0.2, 0.25) is 0 Å². The first kappa shape index (κ1) is 21.4. The Balaban J connectivity index is 2.05. The highest BCUT2D eigenvalue weighted by Crippen LogP contribution is 2.14. The Morgan fingerprint density at radius 1 is 1.22 bits per heavy atom. The van der Waals surface area contributed by atoms with Gasteiger partial charge in [-0.25, -0.2) is 4.39 Å². The van der Waals surface area contributed by atoms with Gasteiger partial charge in [-0.3, -0.25) is 4.90 Å². The fourth-order valence-corrected chi connectivity index (χ4v) is 3.18. The van der Waals surface area contributed by atoms with Gasteiger partial charge < -0.3 is 9.67 Å². The molecule has 1 aromatic carbocycles. The van der Waals surface area contributed by atoms with Crippen molar-refractivity contribution in [1.29, 1.82) is 0 Å². The summed E-state index contributed by atoms with van der Waals surface area (Å²) < 4.78 is 15.6. The molecule has 1 N–H and O–H groups in total. The van der Waals surface area contributed by atoms with Gasteiger partial charge in [0.2, 0.25) is 0 Å². The molecule has 0 aliphatic rings. The highest BCUT2D eigenvalue weighted by molar-refractivity contribution is 5.18. The Labute approximate surface area is 163 Å². The normalized spacial score (nSPS) is 12.7. The van der Waals surface area contributed by atoms with Crippen molar-refractivity contribution in [3.05, 3.63) is 72.3 Å². The van der Waals surface area contributed by atoms with E-state index in [1.54, 1.807) is 12.1 Å². The van der Waals surface area contributed by atoms with Crippen molar-refractivity contribution in [3.8, 4) is 0 Å². The smallest absolute Gasteiger partial charge is 0.123 e. The number of nitrogens with zero attached hydrogens (tertiary/aromatic N) is 2. The van der Waals surface area contributed by atoms with Crippen LogP contribution in [0.1, 0.15) is 44.4 Å². The fraction of sp³-hybridized carbons (Fsp3) is 0.478. The third kappa shape index (κ3) is 7.69. The lowest BCUT2D eigenvalue weighted by molar-refractivity contribution is 0.0982. The number of halogens is 1. The molecule has 27 heavy (non-hydrogen) atoms. The zero-order valence-electron chi connectivity index (χ0n) is 16.6. The summed E-state index contributed by atoms with van der Waals surface area (Å²) in [6.07, 6.45) is 6.21. The molecule has 0 spiro atoms. The molecule has 1 heterocycles. The van der Waals surface area contributed by atoms with E-state index in [-0.39, 0.29) is 11.9 Å². The Morgan fingerprint density at radius 2 is 2.04 bits per heavy atom. The number of aliphatic hydroxyl groups is 1. The van der Waals surface area contributed by atoms with Gasteiger partial charge in [0.05, 0.1) is 6.10 Å². The maximum Gasteiger partial charge on any atom is 0.123 e. The van der Waals surface area contributed by atoms with E-state index in [4.69, 9.17) is 0 Å². The SMILES string of the molecule is C=CCCC(O)CN(CCC(C)C)Cc1cccn1Cc1cccc(F)c1. The molecule has 0 aliphatic carbocycles. The van der Waals surface area contributed by atoms with Gasteiger partial charge in [-0.15, -0.1) is 6.58 Å². The molecule has 0 fully saturated rings. The summed E-state index contributed by atoms with van der Waals surface area (Å²) in [5.74, 6) is 0.419. The molecule has 0 saturated carbocycles. The lowest BCUT2D eigenvalue weighted by Crippen LogP contribution is -2.34. The van der Waals surface area contributed by atoms with E-state index in [1.807, 2.05) is 24.4 Å². The van der Waals surface area contributed by atoms with Crippen molar-refractivity contribution in [2.24, 2.45) is 5.92 Å². The minimum Gasteiger partial charge on any atom is -0.392 e. The molecule has 4 heteroatoms. The van der Waals surface area contributed by atoms with Gasteiger partial charge in [-0.05, 0) is 61.6 Å². The zero-order valence-corrected chi connectivity index (χ0v) is 16.6. The van der Waals surface area contributed by atoms with E-state index in [0.29, 0.717) is 19.0 Å². The Kier molecular flexibility index (Phi) is 8.76. The molecule has 0 radical (unpaired) electrons. The van der Waals surface area contributed by atoms with Crippen molar-refractivity contribution >= 4 is 0 Å². The van der Waals surface area contributed by atoms with Crippen molar-refractivity contribution in [3.63, 3.8) is 0 Å². The largest absolute Gasteiger partial charge is 0.392 e. The molecule has 2 rings (SSSR count). The standard InChI is InChI=1S/C23H33FN2O/c1-4-5-11-23(27)18-25(14-12-19(2)3)17-22-10-7-13-26(22)16-20-8-6-9-21(24)15-20/h4,6-10,13,15,19,23,27H,1,5,11-12,14,16-18H2,2-3H3. The summed E-state index contributed by atoms with van der Waals surface area (Å²) in [5.41, 5.74) is 2.13. The predicted octanol–water partition coefficient (Wildman–Crippen LogP) is 4.85. The Bertz CT molecular complexity index is 695. The average Bonchev–Trinajstić information content (AvgIpc) is 3.04. The minimum absolute atomic E-state index is 0.204. The summed E-state index contributed by atoms with van der Waals surface area (Å²) in [4.78, 5) is 2.32. The van der Waals surface area contributed by atoms with Crippen molar-refractivity contribution in [2.45, 2.75) is 52.3 Å². The summed E-state index contributed by atoms with van der Waals surface area (Å²) in [7, 11) is 0. The topological polar surface area (TPSA) is 28.4 Å². The van der Waals surface area contributed by atoms with Crippen LogP contribution >= 0.6 is 0 Å². The molecule has 1 atom stereocenters. The van der Waals surface area contributed by atoms with Gasteiger partial charge in [0.15, 0.2) is 0 Å². The van der Waals surface area contributed by atoms with Crippen LogP contribution in [0, 0.1) is 11.7 Å². The van der Waals surface area contributed by atoms with E-state index >= 15 is 0 Å². The lowest BCUT2D eigenvalue weighted by Gasteiger charge is -2.26. The van der Waals surface area contributed by atoms with E-state index in [2.05, 4.69) is 36.0 Å². The first-order valence-electron chi connectivity index (χ1n) is 9.87. The summed E-state index contributed by atoms with van der Waals surface area (Å²) in [6.45, 7) is 11.2. The van der Waals surface area contributed by atoms with Gasteiger partial charge in [0, 0.05) is 31.5 Å². The number of rotatable bonds is 12. The van der Waals surface area contributed by atoms with Crippen LogP contribution in [0.5, 0.6) is 0 Å². The van der Waals surface area contributed by atoms with Gasteiger partial charge in [-0.1, -0.05) is 32.1 Å². The molecule has 0 amide bonds. The Morgan fingerprint density at radius 3 is 2.74 bits per heavy atom. The van der Waals surface area contributed by atoms with Crippen molar-refractivity contribution in [2.75, 3.05) is 13.1 Å². The molecule has 2 aromatic rings. The molecule has 0 saturated heterocycles. The fourth-order valence-electron chi connectivity index (χ4n) is 3.18. The molecule has 148 valence electrons. The van der Waals surface area contributed by atoms with Crippen LogP contribution in [0.15, 0.2) is 55.3 Å². The van der Waals surface area contributed by atoms with Crippen molar-refractivity contribution < 1.29 is 9.50 Å². The average molecular weight is 373 g/mol. The summed E-state index contributed by atoms with van der Waals surface area (Å²) >= 11 is 0. The maximum atomic E-state index is 13.5. The highest BCUT2D eigenvalue weighted by atomic mass is 19.1. The Hall–Kier alpha value is -1.91. The summed E-state index contributed by atoms with van der Waals surface area (Å²) in [6, 6.07) is 10.9. The van der Waals surface area contributed by atoms with Crippen LogP contribution in [-0.4, -0.2) is 33.8 Å². The predicted molar refractivity (Wildman–Crippen MR) is 110 cm³/mol. The second kappa shape index (κ2) is 11.1. The first-order valence-corrected chi connectivity index (χ1v) is 9.87. The molecular formula is C23H33FN2O. The number of hydrogen-bond donors (Lipinski definition) is 1. The molecular weight excluding hydrogens is 339 g/mol. The quantitative estimate of drug-likeness (QED) is 0.540. The van der Waals surface area contributed by atoms with Crippen LogP contribution in [0.25, 0.3) is 0 Å². The van der Waals surface area contributed by atoms with E-state index in [0.717, 1.165) is 37.9 Å². The third-order valence-electron chi connectivity index (χ3n) is 4.75. The van der Waals surface area contributed by atoms with Gasteiger partial charge in [0.25, 0.3) is 0 Å². The third-order valence-corrected chi connectivity index (χ3v) is 4.75. The number of aromatic nitrogens is 1. The van der Waals surface area contributed by atoms with E-state index in [1.165, 1.54) is 11.8 Å². The number of benzene rings is 1. The molecule has 1 aromatic heterocycles. The lowest BCUT2D eigenvalue weighted by atomic mass is 10.1. The van der Waals surface area contributed by atoms with Crippen molar-refractivity contribution in [1.82, 2.24) is 9.47 Å². The van der Waals surface area contributed by atoms with Gasteiger partial charge in [0.1, 0.15) is 5.82 Å². The van der Waals surface area contributed by atoms with Gasteiger partial charge >= 0.3 is 0 Å². The number of hydrogen-bond acceptors (Lipinski definition) is 2. The zero-order chi connectivity index (χ0) is 19.6.